The van der Waals surface area contributed by atoms with Gasteiger partial charge in [-0.3, -0.25) is 14.4 Å². The van der Waals surface area contributed by atoms with Gasteiger partial charge >= 0.3 is 5.97 Å². The van der Waals surface area contributed by atoms with Crippen LogP contribution in [0.3, 0.4) is 0 Å². The lowest BCUT2D eigenvalue weighted by Crippen LogP contribution is -2.60. The number of fused-ring (bicyclic) bond motifs is 5. The van der Waals surface area contributed by atoms with Crippen LogP contribution in [0.15, 0.2) is 0 Å². The number of aliphatic carboxylic acids is 1. The molecular formula is C27H45NO4. The Hall–Kier alpha value is -1.10. The Kier molecular flexibility index (Phi) is 6.46. The summed E-state index contributed by atoms with van der Waals surface area (Å²) in [6, 6.07) is 0. The summed E-state index contributed by atoms with van der Waals surface area (Å²) in [5.41, 5.74) is -0.188. The van der Waals surface area contributed by atoms with Crippen molar-refractivity contribution in [2.75, 3.05) is 14.2 Å². The number of hydrogen-bond acceptors (Lipinski definition) is 3. The van der Waals surface area contributed by atoms with E-state index in [9.17, 15) is 14.7 Å². The van der Waals surface area contributed by atoms with Crippen molar-refractivity contribution in [3.05, 3.63) is 0 Å². The third kappa shape index (κ3) is 3.44. The van der Waals surface area contributed by atoms with Gasteiger partial charge in [-0.25, -0.2) is 5.06 Å². The van der Waals surface area contributed by atoms with Gasteiger partial charge in [0, 0.05) is 13.5 Å². The maximum atomic E-state index is 12.6. The molecule has 4 rings (SSSR count). The summed E-state index contributed by atoms with van der Waals surface area (Å²) in [6.45, 7) is 7.24. The molecule has 4 fully saturated rings. The molecule has 5 nitrogen and oxygen atoms in total. The van der Waals surface area contributed by atoms with Crippen molar-refractivity contribution in [1.82, 2.24) is 5.06 Å². The van der Waals surface area contributed by atoms with Crippen LogP contribution in [-0.4, -0.2) is 36.2 Å². The second kappa shape index (κ2) is 8.60. The molecule has 4 saturated carbocycles. The molecule has 1 amide bonds. The van der Waals surface area contributed by atoms with Crippen molar-refractivity contribution in [3.63, 3.8) is 0 Å². The molecule has 0 aromatic rings. The first kappa shape index (κ1) is 24.0. The number of hydroxylamine groups is 2. The molecule has 0 aromatic heterocycles. The van der Waals surface area contributed by atoms with Crippen LogP contribution in [-0.2, 0) is 14.4 Å². The molecule has 32 heavy (non-hydrogen) atoms. The Labute approximate surface area is 194 Å². The van der Waals surface area contributed by atoms with Gasteiger partial charge < -0.3 is 5.11 Å². The molecule has 0 bridgehead atoms. The fourth-order valence-electron chi connectivity index (χ4n) is 9.53. The molecule has 0 spiro atoms. The number of carboxylic acid groups (broad SMARTS) is 1. The smallest absolute Gasteiger partial charge is 0.310 e. The molecule has 0 heterocycles. The van der Waals surface area contributed by atoms with Crippen LogP contribution in [0.1, 0.15) is 97.8 Å². The van der Waals surface area contributed by atoms with E-state index in [-0.39, 0.29) is 11.3 Å². The largest absolute Gasteiger partial charge is 0.481 e. The fourth-order valence-corrected chi connectivity index (χ4v) is 9.53. The number of hydrogen-bond donors (Lipinski definition) is 1. The first-order valence-corrected chi connectivity index (χ1v) is 13.1. The van der Waals surface area contributed by atoms with E-state index >= 15 is 0 Å². The number of amides is 1. The highest BCUT2D eigenvalue weighted by atomic mass is 16.7. The van der Waals surface area contributed by atoms with Crippen LogP contribution in [0.2, 0.25) is 0 Å². The van der Waals surface area contributed by atoms with Crippen LogP contribution < -0.4 is 0 Å². The molecule has 5 heteroatoms. The fraction of sp³-hybridized carbons (Fsp3) is 0.926. The van der Waals surface area contributed by atoms with E-state index in [2.05, 4.69) is 20.8 Å². The van der Waals surface area contributed by atoms with E-state index in [0.29, 0.717) is 35.5 Å². The Bertz CT molecular complexity index is 739. The molecule has 0 aliphatic heterocycles. The summed E-state index contributed by atoms with van der Waals surface area (Å²) in [4.78, 5) is 29.9. The van der Waals surface area contributed by atoms with E-state index in [4.69, 9.17) is 4.84 Å². The Morgan fingerprint density at radius 2 is 1.75 bits per heavy atom. The highest BCUT2D eigenvalue weighted by Gasteiger charge is 2.66. The second-order valence-corrected chi connectivity index (χ2v) is 12.2. The number of carbonyl (C=O) groups is 2. The van der Waals surface area contributed by atoms with E-state index < -0.39 is 11.4 Å². The predicted molar refractivity (Wildman–Crippen MR) is 125 cm³/mol. The quantitative estimate of drug-likeness (QED) is 0.513. The van der Waals surface area contributed by atoms with Gasteiger partial charge in [0.1, 0.15) is 0 Å². The molecule has 0 radical (unpaired) electrons. The van der Waals surface area contributed by atoms with Gasteiger partial charge in [-0.2, -0.15) is 0 Å². The van der Waals surface area contributed by atoms with Crippen LogP contribution in [0.5, 0.6) is 0 Å². The molecule has 1 N–H and O–H groups in total. The van der Waals surface area contributed by atoms with E-state index in [1.807, 2.05) is 0 Å². The number of carboxylic acids is 1. The molecule has 0 aromatic carbocycles. The van der Waals surface area contributed by atoms with Crippen LogP contribution in [0.25, 0.3) is 0 Å². The van der Waals surface area contributed by atoms with Gasteiger partial charge in [0.15, 0.2) is 0 Å². The number of nitrogens with zero attached hydrogens (tertiary/aromatic N) is 1. The van der Waals surface area contributed by atoms with Crippen molar-refractivity contribution in [2.24, 2.45) is 45.8 Å². The second-order valence-electron chi connectivity index (χ2n) is 12.2. The van der Waals surface area contributed by atoms with Crippen molar-refractivity contribution in [1.29, 1.82) is 0 Å². The standard InChI is InChI=1S/C27H45NO4/c1-18(8-11-23(29)28(4)32-5)20-9-10-21-19-12-17-27(24(30)31)15-7-6-14-26(27,3)22(19)13-16-25(20,21)2/h18-22H,6-17H2,1-5H3,(H,30,31)/t18-,19+,20-,21+,22+,25-,26-,27?/m1/s1. The zero-order valence-corrected chi connectivity index (χ0v) is 21.0. The molecule has 4 aliphatic carbocycles. The average molecular weight is 448 g/mol. The van der Waals surface area contributed by atoms with Gasteiger partial charge in [-0.1, -0.05) is 33.6 Å². The van der Waals surface area contributed by atoms with Crippen molar-refractivity contribution in [2.45, 2.75) is 97.8 Å². The van der Waals surface area contributed by atoms with Gasteiger partial charge in [0.25, 0.3) is 0 Å². The molecule has 8 atom stereocenters. The minimum absolute atomic E-state index is 0.0395. The summed E-state index contributed by atoms with van der Waals surface area (Å²) < 4.78 is 0. The maximum Gasteiger partial charge on any atom is 0.310 e. The van der Waals surface area contributed by atoms with Gasteiger partial charge in [0.05, 0.1) is 12.5 Å². The molecule has 0 saturated heterocycles. The van der Waals surface area contributed by atoms with E-state index in [1.165, 1.54) is 37.2 Å². The van der Waals surface area contributed by atoms with Gasteiger partial charge in [-0.15, -0.1) is 0 Å². The molecular weight excluding hydrogens is 402 g/mol. The Morgan fingerprint density at radius 1 is 1.03 bits per heavy atom. The van der Waals surface area contributed by atoms with Crippen LogP contribution in [0, 0.1) is 45.8 Å². The maximum absolute atomic E-state index is 12.6. The lowest BCUT2D eigenvalue weighted by atomic mass is 9.40. The summed E-state index contributed by atoms with van der Waals surface area (Å²) >= 11 is 0. The third-order valence-corrected chi connectivity index (χ3v) is 11.4. The first-order chi connectivity index (χ1) is 15.1. The third-order valence-electron chi connectivity index (χ3n) is 11.4. The molecule has 4 aliphatic rings. The molecule has 1 unspecified atom stereocenters. The predicted octanol–water partition coefficient (Wildman–Crippen LogP) is 5.93. The Morgan fingerprint density at radius 3 is 2.44 bits per heavy atom. The van der Waals surface area contributed by atoms with Crippen molar-refractivity contribution in [3.8, 4) is 0 Å². The monoisotopic (exact) mass is 447 g/mol. The summed E-state index contributed by atoms with van der Waals surface area (Å²) in [7, 11) is 3.23. The number of rotatable bonds is 6. The topological polar surface area (TPSA) is 66.8 Å². The first-order valence-electron chi connectivity index (χ1n) is 13.1. The lowest BCUT2D eigenvalue weighted by molar-refractivity contribution is -0.193. The summed E-state index contributed by atoms with van der Waals surface area (Å²) in [5.74, 6) is 2.71. The molecule has 182 valence electrons. The zero-order valence-electron chi connectivity index (χ0n) is 21.0. The van der Waals surface area contributed by atoms with Gasteiger partial charge in [-0.05, 0) is 98.2 Å². The number of carbonyl (C=O) groups excluding carboxylic acids is 1. The van der Waals surface area contributed by atoms with E-state index in [1.54, 1.807) is 14.2 Å². The average Bonchev–Trinajstić information content (AvgIpc) is 3.13. The normalized spacial score (nSPS) is 44.2. The van der Waals surface area contributed by atoms with Crippen LogP contribution >= 0.6 is 0 Å². The van der Waals surface area contributed by atoms with Crippen molar-refractivity contribution < 1.29 is 19.5 Å². The zero-order chi connectivity index (χ0) is 23.3. The Balaban J connectivity index is 1.50. The van der Waals surface area contributed by atoms with Crippen LogP contribution in [0.4, 0.5) is 0 Å². The SMILES string of the molecule is CON(C)C(=O)CC[C@@H](C)[C@H]1CC[C@H]2[C@@H]3CCC4(C(=O)O)CCCC[C@]4(C)[C@H]3CC[C@]12C. The lowest BCUT2D eigenvalue weighted by Gasteiger charge is -2.64. The summed E-state index contributed by atoms with van der Waals surface area (Å²) in [5, 5.41) is 11.7. The van der Waals surface area contributed by atoms with Gasteiger partial charge in [0.2, 0.25) is 5.91 Å². The minimum Gasteiger partial charge on any atom is -0.481 e. The highest BCUT2D eigenvalue weighted by Crippen LogP contribution is 2.71. The highest BCUT2D eigenvalue weighted by molar-refractivity contribution is 5.76. The minimum atomic E-state index is -0.518. The van der Waals surface area contributed by atoms with Crippen molar-refractivity contribution >= 4 is 11.9 Å². The van der Waals surface area contributed by atoms with E-state index in [0.717, 1.165) is 44.4 Å². The summed E-state index contributed by atoms with van der Waals surface area (Å²) in [6.07, 6.45) is 12.7.